The molecule has 5 aromatic rings. The maximum atomic E-state index is 13.0. The molecule has 0 amide bonds. The van der Waals surface area contributed by atoms with Gasteiger partial charge in [-0.2, -0.15) is 0 Å². The SMILES string of the molecule is Cc1ccc(Nc2c3ccccc3nc3c2c(=O)oc2cc(C)ccc23)cc1. The van der Waals surface area contributed by atoms with E-state index in [4.69, 9.17) is 9.40 Å². The number of fused-ring (bicyclic) bond motifs is 4. The van der Waals surface area contributed by atoms with Gasteiger partial charge in [-0.15, -0.1) is 0 Å². The summed E-state index contributed by atoms with van der Waals surface area (Å²) in [5, 5.41) is 5.62. The molecule has 4 heteroatoms. The van der Waals surface area contributed by atoms with Crippen molar-refractivity contribution in [3.8, 4) is 0 Å². The normalized spacial score (nSPS) is 11.4. The van der Waals surface area contributed by atoms with Crippen LogP contribution >= 0.6 is 0 Å². The number of hydrogen-bond acceptors (Lipinski definition) is 4. The van der Waals surface area contributed by atoms with Gasteiger partial charge >= 0.3 is 5.63 Å². The molecule has 136 valence electrons. The van der Waals surface area contributed by atoms with Crippen LogP contribution in [-0.2, 0) is 0 Å². The molecule has 4 nitrogen and oxygen atoms in total. The molecule has 0 unspecified atom stereocenters. The summed E-state index contributed by atoms with van der Waals surface area (Å²) in [4.78, 5) is 17.8. The Bertz CT molecular complexity index is 1420. The highest BCUT2D eigenvalue weighted by Crippen LogP contribution is 2.34. The second kappa shape index (κ2) is 6.20. The standard InChI is InChI=1S/C24H18N2O2/c1-14-7-10-16(11-8-14)25-22-17-5-3-4-6-19(17)26-23-18-12-9-15(2)13-20(18)28-24(27)21(22)23/h3-13H,1-2H3,(H,25,26). The maximum absolute atomic E-state index is 13.0. The van der Waals surface area contributed by atoms with Gasteiger partial charge in [0.2, 0.25) is 0 Å². The largest absolute Gasteiger partial charge is 0.422 e. The molecule has 0 aliphatic heterocycles. The van der Waals surface area contributed by atoms with E-state index in [1.807, 2.05) is 80.6 Å². The van der Waals surface area contributed by atoms with Gasteiger partial charge in [0.25, 0.3) is 0 Å². The molecule has 0 aliphatic carbocycles. The smallest absolute Gasteiger partial charge is 0.347 e. The zero-order valence-corrected chi connectivity index (χ0v) is 15.6. The first kappa shape index (κ1) is 16.5. The third-order valence-electron chi connectivity index (χ3n) is 5.01. The van der Waals surface area contributed by atoms with Crippen molar-refractivity contribution in [3.63, 3.8) is 0 Å². The van der Waals surface area contributed by atoms with Crippen LogP contribution < -0.4 is 10.9 Å². The lowest BCUT2D eigenvalue weighted by molar-refractivity contribution is 0.569. The first-order valence-electron chi connectivity index (χ1n) is 9.20. The molecular weight excluding hydrogens is 348 g/mol. The highest BCUT2D eigenvalue weighted by molar-refractivity contribution is 6.14. The molecule has 0 bridgehead atoms. The predicted molar refractivity (Wildman–Crippen MR) is 114 cm³/mol. The van der Waals surface area contributed by atoms with Crippen molar-refractivity contribution in [3.05, 3.63) is 88.3 Å². The Morgan fingerprint density at radius 3 is 2.43 bits per heavy atom. The van der Waals surface area contributed by atoms with E-state index in [9.17, 15) is 4.79 Å². The Hall–Kier alpha value is -3.66. The fourth-order valence-electron chi connectivity index (χ4n) is 3.58. The lowest BCUT2D eigenvalue weighted by Gasteiger charge is -2.14. The van der Waals surface area contributed by atoms with Crippen LogP contribution in [0.15, 0.2) is 75.9 Å². The Labute approximate surface area is 161 Å². The van der Waals surface area contributed by atoms with Crippen LogP contribution in [0.5, 0.6) is 0 Å². The van der Waals surface area contributed by atoms with Gasteiger partial charge in [0, 0.05) is 16.5 Å². The summed E-state index contributed by atoms with van der Waals surface area (Å²) >= 11 is 0. The van der Waals surface area contributed by atoms with E-state index in [2.05, 4.69) is 5.32 Å². The molecule has 0 fully saturated rings. The second-order valence-electron chi connectivity index (χ2n) is 7.11. The molecule has 2 aromatic heterocycles. The lowest BCUT2D eigenvalue weighted by atomic mass is 10.1. The summed E-state index contributed by atoms with van der Waals surface area (Å²) in [7, 11) is 0. The van der Waals surface area contributed by atoms with Crippen LogP contribution in [0, 0.1) is 13.8 Å². The fourth-order valence-corrected chi connectivity index (χ4v) is 3.58. The number of hydrogen-bond donors (Lipinski definition) is 1. The maximum Gasteiger partial charge on any atom is 0.347 e. The van der Waals surface area contributed by atoms with Gasteiger partial charge < -0.3 is 9.73 Å². The minimum Gasteiger partial charge on any atom is -0.422 e. The third-order valence-corrected chi connectivity index (χ3v) is 5.01. The van der Waals surface area contributed by atoms with Gasteiger partial charge in [-0.05, 0) is 49.7 Å². The highest BCUT2D eigenvalue weighted by atomic mass is 16.4. The van der Waals surface area contributed by atoms with Crippen molar-refractivity contribution in [2.45, 2.75) is 13.8 Å². The number of para-hydroxylation sites is 1. The van der Waals surface area contributed by atoms with E-state index in [1.54, 1.807) is 0 Å². The fraction of sp³-hybridized carbons (Fsp3) is 0.0833. The van der Waals surface area contributed by atoms with Crippen molar-refractivity contribution in [2.75, 3.05) is 5.32 Å². The van der Waals surface area contributed by atoms with E-state index < -0.39 is 0 Å². The van der Waals surface area contributed by atoms with Crippen molar-refractivity contribution >= 4 is 44.1 Å². The Morgan fingerprint density at radius 1 is 0.857 bits per heavy atom. The number of anilines is 2. The molecule has 1 N–H and O–H groups in total. The van der Waals surface area contributed by atoms with Crippen LogP contribution in [0.4, 0.5) is 11.4 Å². The van der Waals surface area contributed by atoms with E-state index in [0.717, 1.165) is 33.2 Å². The molecule has 0 spiro atoms. The van der Waals surface area contributed by atoms with Crippen LogP contribution in [0.3, 0.4) is 0 Å². The summed E-state index contributed by atoms with van der Waals surface area (Å²) in [6, 6.07) is 21.8. The molecule has 0 aliphatic rings. The number of nitrogens with one attached hydrogen (secondary N) is 1. The number of aryl methyl sites for hydroxylation is 2. The van der Waals surface area contributed by atoms with Crippen molar-refractivity contribution in [1.82, 2.24) is 4.98 Å². The summed E-state index contributed by atoms with van der Waals surface area (Å²) < 4.78 is 5.67. The van der Waals surface area contributed by atoms with E-state index in [-0.39, 0.29) is 5.63 Å². The van der Waals surface area contributed by atoms with E-state index in [1.165, 1.54) is 5.56 Å². The average molecular weight is 366 g/mol. The second-order valence-corrected chi connectivity index (χ2v) is 7.11. The Kier molecular flexibility index (Phi) is 3.66. The summed E-state index contributed by atoms with van der Waals surface area (Å²) in [5.41, 5.74) is 5.50. The number of rotatable bonds is 2. The molecule has 0 radical (unpaired) electrons. The first-order valence-corrected chi connectivity index (χ1v) is 9.20. The van der Waals surface area contributed by atoms with Crippen LogP contribution in [0.1, 0.15) is 11.1 Å². The predicted octanol–water partition coefficient (Wildman–Crippen LogP) is 5.85. The van der Waals surface area contributed by atoms with Crippen LogP contribution in [0.25, 0.3) is 32.8 Å². The average Bonchev–Trinajstić information content (AvgIpc) is 2.69. The molecular formula is C24H18N2O2. The minimum absolute atomic E-state index is 0.388. The van der Waals surface area contributed by atoms with Gasteiger partial charge in [-0.1, -0.05) is 42.0 Å². The zero-order valence-electron chi connectivity index (χ0n) is 15.6. The van der Waals surface area contributed by atoms with E-state index >= 15 is 0 Å². The minimum atomic E-state index is -0.388. The molecule has 2 heterocycles. The third kappa shape index (κ3) is 2.62. The van der Waals surface area contributed by atoms with Gasteiger partial charge in [0.15, 0.2) is 0 Å². The Morgan fingerprint density at radius 2 is 1.61 bits per heavy atom. The molecule has 5 rings (SSSR count). The van der Waals surface area contributed by atoms with Crippen molar-refractivity contribution in [2.24, 2.45) is 0 Å². The van der Waals surface area contributed by atoms with Gasteiger partial charge in [0.1, 0.15) is 11.0 Å². The molecule has 0 saturated carbocycles. The molecule has 0 atom stereocenters. The van der Waals surface area contributed by atoms with Crippen LogP contribution in [0.2, 0.25) is 0 Å². The summed E-state index contributed by atoms with van der Waals surface area (Å²) in [6.07, 6.45) is 0. The summed E-state index contributed by atoms with van der Waals surface area (Å²) in [6.45, 7) is 4.02. The number of benzene rings is 3. The monoisotopic (exact) mass is 366 g/mol. The highest BCUT2D eigenvalue weighted by Gasteiger charge is 2.17. The summed E-state index contributed by atoms with van der Waals surface area (Å²) in [5.74, 6) is 0. The topological polar surface area (TPSA) is 55.1 Å². The molecule has 0 saturated heterocycles. The number of pyridine rings is 1. The van der Waals surface area contributed by atoms with Gasteiger partial charge in [0.05, 0.1) is 16.7 Å². The first-order chi connectivity index (χ1) is 13.6. The van der Waals surface area contributed by atoms with Crippen LogP contribution in [-0.4, -0.2) is 4.98 Å². The van der Waals surface area contributed by atoms with Crippen molar-refractivity contribution in [1.29, 1.82) is 0 Å². The van der Waals surface area contributed by atoms with Gasteiger partial charge in [-0.3, -0.25) is 0 Å². The van der Waals surface area contributed by atoms with Gasteiger partial charge in [-0.25, -0.2) is 9.78 Å². The molecule has 28 heavy (non-hydrogen) atoms. The quantitative estimate of drug-likeness (QED) is 0.242. The Balaban J connectivity index is 1.91. The van der Waals surface area contributed by atoms with Crippen molar-refractivity contribution < 1.29 is 4.42 Å². The lowest BCUT2D eigenvalue weighted by Crippen LogP contribution is -2.06. The zero-order chi connectivity index (χ0) is 19.3. The van der Waals surface area contributed by atoms with E-state index in [0.29, 0.717) is 16.5 Å². The molecule has 3 aromatic carbocycles. The number of nitrogens with zero attached hydrogens (tertiary/aromatic N) is 1. The number of aromatic nitrogens is 1.